The van der Waals surface area contributed by atoms with E-state index in [2.05, 4.69) is 474 Å². The molecule has 660 valence electrons. The first-order chi connectivity index (χ1) is 52.6. The fraction of sp³-hybridized carbons (Fsp3) is 0.663. The number of fused-ring (bicyclic) bond motifs is 5. The number of anilines is 6. The van der Waals surface area contributed by atoms with Gasteiger partial charge in [0.2, 0.25) is 0 Å². The molecular weight excluding hydrogens is 1430 g/mol. The number of ether oxygens (including phenoxy) is 3. The summed E-state index contributed by atoms with van der Waals surface area (Å²) in [7, 11) is 12.9. The van der Waals surface area contributed by atoms with Crippen molar-refractivity contribution in [2.24, 2.45) is 0 Å². The van der Waals surface area contributed by atoms with Gasteiger partial charge in [-0.05, 0) is 374 Å². The average molecular weight is 1610 g/mol. The van der Waals surface area contributed by atoms with Gasteiger partial charge < -0.3 is 46.1 Å². The molecule has 0 saturated carbocycles. The van der Waals surface area contributed by atoms with E-state index in [0.29, 0.717) is 13.2 Å². The molecule has 0 atom stereocenters. The van der Waals surface area contributed by atoms with Crippen LogP contribution < -0.4 is 31.9 Å². The lowest BCUT2D eigenvalue weighted by molar-refractivity contribution is 0.0209. The summed E-state index contributed by atoms with van der Waals surface area (Å²) in [5, 5.41) is 26.6. The number of nitrogens with zero attached hydrogens (tertiary/aromatic N) is 6. The summed E-state index contributed by atoms with van der Waals surface area (Å²) in [4.78, 5) is 13.9. The third-order valence-electron chi connectivity index (χ3n) is 20.2. The summed E-state index contributed by atoms with van der Waals surface area (Å²) in [6.45, 7) is 89.8. The quantitative estimate of drug-likeness (QED) is 0.0241. The molecule has 15 nitrogen and oxygen atoms in total. The summed E-state index contributed by atoms with van der Waals surface area (Å²) in [5.41, 5.74) is 14.5. The zero-order valence-electron chi connectivity index (χ0n) is 82.6. The molecule has 0 fully saturated rings. The van der Waals surface area contributed by atoms with E-state index in [9.17, 15) is 0 Å². The number of nitrogens with one attached hydrogen (secondary N) is 6. The molecule has 0 amide bonds. The molecule has 0 saturated heterocycles. The van der Waals surface area contributed by atoms with Gasteiger partial charge in [0.05, 0.1) is 39.6 Å². The Morgan fingerprint density at radius 1 is 0.276 bits per heavy atom. The summed E-state index contributed by atoms with van der Waals surface area (Å²) < 4.78 is 16.9. The van der Waals surface area contributed by atoms with Crippen LogP contribution in [0.3, 0.4) is 0 Å². The maximum atomic E-state index is 5.68. The smallest absolute Gasteiger partial charge is 0.0701 e. The molecule has 1 aliphatic carbocycles. The Kier molecular flexibility index (Phi) is 41.2. The van der Waals surface area contributed by atoms with Crippen molar-refractivity contribution in [3.8, 4) is 11.1 Å². The second-order valence-electron chi connectivity index (χ2n) is 44.4. The number of hydrogen-bond acceptors (Lipinski definition) is 15. The van der Waals surface area contributed by atoms with Crippen molar-refractivity contribution in [1.29, 1.82) is 0 Å². The van der Waals surface area contributed by atoms with Crippen LogP contribution in [-0.4, -0.2) is 217 Å². The third-order valence-corrected chi connectivity index (χ3v) is 20.2. The Balaban J connectivity index is 0.000000474. The summed E-state index contributed by atoms with van der Waals surface area (Å²) >= 11 is 0. The van der Waals surface area contributed by atoms with E-state index in [0.717, 1.165) is 72.1 Å². The Morgan fingerprint density at radius 2 is 0.517 bits per heavy atom. The number of likely N-dealkylation sites (N-methyl/N-ethyl adjacent to an activating group) is 6. The zero-order valence-corrected chi connectivity index (χ0v) is 82.6. The van der Waals surface area contributed by atoms with E-state index >= 15 is 0 Å². The fourth-order valence-corrected chi connectivity index (χ4v) is 11.5. The van der Waals surface area contributed by atoms with E-state index in [4.69, 9.17) is 14.2 Å². The Bertz CT molecular complexity index is 3590. The maximum Gasteiger partial charge on any atom is 0.0701 e. The van der Waals surface area contributed by atoms with E-state index in [1.54, 1.807) is 0 Å². The second-order valence-corrected chi connectivity index (χ2v) is 44.4. The molecule has 6 aromatic rings. The van der Waals surface area contributed by atoms with Gasteiger partial charge in [-0.15, -0.1) is 0 Å². The fourth-order valence-electron chi connectivity index (χ4n) is 11.5. The van der Waals surface area contributed by atoms with Gasteiger partial charge in [0.1, 0.15) is 0 Å². The van der Waals surface area contributed by atoms with E-state index < -0.39 is 0 Å². The molecule has 15 heteroatoms. The van der Waals surface area contributed by atoms with Gasteiger partial charge in [0, 0.05) is 156 Å². The van der Waals surface area contributed by atoms with Gasteiger partial charge in [0.15, 0.2) is 0 Å². The lowest BCUT2D eigenvalue weighted by Crippen LogP contribution is -2.41. The van der Waals surface area contributed by atoms with Crippen LogP contribution in [-0.2, 0) is 20.6 Å². The van der Waals surface area contributed by atoms with Crippen molar-refractivity contribution in [2.75, 3.05) is 153 Å². The van der Waals surface area contributed by atoms with Crippen LogP contribution in [0.5, 0.6) is 0 Å². The van der Waals surface area contributed by atoms with Crippen molar-refractivity contribution in [3.05, 3.63) is 132 Å². The minimum atomic E-state index is 0.0448. The molecule has 6 N–H and O–H groups in total. The molecule has 7 rings (SSSR count). The van der Waals surface area contributed by atoms with E-state index in [1.807, 2.05) is 0 Å². The number of rotatable bonds is 25. The third kappa shape index (κ3) is 43.8. The standard InChI is InChI=1S/C21H28N2.2C18H26N2.C16H36N2O2.C14H32N2O.C14H30N2/c1-20(2,3)22-16-7-9-18-14(12-16)11-15-13-17(8-10-19(15)18)23-21(4,5)6;1-17(2,3)19-15-11-7-10-14-13(15)9-8-12-16(14)20-18(4,5)6;1-17(2,3)19-14-11-7-9-13-10-8-12-15(16(13)14)20-18(4,5)6;1-15(2,3)17(7)9-11-19-13-14-20-12-10-18(8)16(4,5)6;1-13(2,3)15(7)9-11-17-12-10-16(8)14(4,5)6;1-13(2,3)15(7)11-9-10-12-16(8)14(4,5)6/h7-10,12-13,22-23H,11H2,1-6H3;2*7-12,19-20H,1-6H3;9-14H2,1-8H3;9-12H2,1-8H3;9-10H,11-12H2,1-8H3/b;;;;;10-9+. The normalized spacial score (nSPS) is 13.3. The van der Waals surface area contributed by atoms with Crippen molar-refractivity contribution < 1.29 is 14.2 Å². The molecule has 0 unspecified atom stereocenters. The van der Waals surface area contributed by atoms with Gasteiger partial charge in [0.25, 0.3) is 0 Å². The first kappa shape index (κ1) is 106. The van der Waals surface area contributed by atoms with Crippen molar-refractivity contribution in [3.63, 3.8) is 0 Å². The molecule has 0 aliphatic heterocycles. The molecule has 0 radical (unpaired) electrons. The monoisotopic (exact) mass is 1610 g/mol. The van der Waals surface area contributed by atoms with Crippen molar-refractivity contribution in [1.82, 2.24) is 29.4 Å². The van der Waals surface area contributed by atoms with Crippen LogP contribution >= 0.6 is 0 Å². The Hall–Kier alpha value is -5.98. The lowest BCUT2D eigenvalue weighted by Gasteiger charge is -2.33. The first-order valence-corrected chi connectivity index (χ1v) is 43.2. The summed E-state index contributed by atoms with van der Waals surface area (Å²) in [6, 6.07) is 39.2. The maximum absolute atomic E-state index is 5.68. The largest absolute Gasteiger partial charge is 0.380 e. The van der Waals surface area contributed by atoms with Crippen LogP contribution in [0.15, 0.2) is 121 Å². The molecule has 0 aromatic heterocycles. The van der Waals surface area contributed by atoms with Gasteiger partial charge in [-0.2, -0.15) is 0 Å². The molecule has 0 heterocycles. The molecule has 0 bridgehead atoms. The van der Waals surface area contributed by atoms with Crippen LogP contribution in [0.2, 0.25) is 0 Å². The zero-order chi connectivity index (χ0) is 89.2. The number of hydrogen-bond donors (Lipinski definition) is 6. The predicted octanol–water partition coefficient (Wildman–Crippen LogP) is 24.1. The minimum absolute atomic E-state index is 0.0448. The average Bonchev–Trinajstić information content (AvgIpc) is 1.38. The molecule has 1 aliphatic rings. The van der Waals surface area contributed by atoms with Crippen LogP contribution in [0, 0.1) is 0 Å². The molecule has 6 aromatic carbocycles. The van der Waals surface area contributed by atoms with Crippen molar-refractivity contribution in [2.45, 2.75) is 322 Å². The van der Waals surface area contributed by atoms with Gasteiger partial charge in [-0.3, -0.25) is 29.4 Å². The van der Waals surface area contributed by atoms with Crippen molar-refractivity contribution >= 4 is 55.7 Å². The SMILES string of the molecule is CC(C)(C)Nc1ccc2c(c1)Cc1cc(NC(C)(C)C)ccc1-2.CC(C)(C)Nc1cccc2c(NC(C)(C)C)cccc12.CC(C)(C)Nc1cccc2cccc(NC(C)(C)C)c12.CN(C/C=C/CN(C)C(C)(C)C)C(C)(C)C.CN(CCOCCN(C)C(C)(C)C)C(C)(C)C.CN(CCOCCOCCN(C)C(C)(C)C)C(C)(C)C. The Morgan fingerprint density at radius 3 is 0.776 bits per heavy atom. The Labute approximate surface area is 714 Å². The van der Waals surface area contributed by atoms with Crippen LogP contribution in [0.1, 0.15) is 260 Å². The molecule has 0 spiro atoms. The highest BCUT2D eigenvalue weighted by atomic mass is 16.5. The minimum Gasteiger partial charge on any atom is -0.380 e. The van der Waals surface area contributed by atoms with E-state index in [-0.39, 0.29) is 66.5 Å². The predicted molar refractivity (Wildman–Crippen MR) is 519 cm³/mol. The first-order valence-electron chi connectivity index (χ1n) is 43.2. The molecular formula is C101H178N12O3. The number of benzene rings is 6. The van der Waals surface area contributed by atoms with E-state index in [1.165, 1.54) is 77.9 Å². The highest BCUT2D eigenvalue weighted by molar-refractivity contribution is 6.04. The van der Waals surface area contributed by atoms with Crippen LogP contribution in [0.4, 0.5) is 34.1 Å². The topological polar surface area (TPSA) is 119 Å². The van der Waals surface area contributed by atoms with Gasteiger partial charge in [-0.1, -0.05) is 72.8 Å². The summed E-state index contributed by atoms with van der Waals surface area (Å²) in [6.07, 6.45) is 5.53. The van der Waals surface area contributed by atoms with Crippen LogP contribution in [0.25, 0.3) is 32.7 Å². The highest BCUT2D eigenvalue weighted by Crippen LogP contribution is 2.41. The second kappa shape index (κ2) is 45.1. The highest BCUT2D eigenvalue weighted by Gasteiger charge is 2.25. The molecule has 116 heavy (non-hydrogen) atoms. The van der Waals surface area contributed by atoms with Gasteiger partial charge in [-0.25, -0.2) is 0 Å². The summed E-state index contributed by atoms with van der Waals surface area (Å²) in [5.74, 6) is 0. The van der Waals surface area contributed by atoms with Gasteiger partial charge >= 0.3 is 0 Å². The lowest BCUT2D eigenvalue weighted by atomic mass is 10.0.